The van der Waals surface area contributed by atoms with E-state index >= 15 is 0 Å². The van der Waals surface area contributed by atoms with E-state index in [9.17, 15) is 0 Å². The number of hydrogen-bond donors (Lipinski definition) is 1. The SMILES string of the molecule is Cc1cc(NC2CC2)nc(-c2ccncc2)n1. The molecule has 1 N–H and O–H groups in total. The van der Waals surface area contributed by atoms with Crippen LogP contribution in [0.25, 0.3) is 11.4 Å². The van der Waals surface area contributed by atoms with E-state index in [1.54, 1.807) is 12.4 Å². The summed E-state index contributed by atoms with van der Waals surface area (Å²) >= 11 is 0. The Bertz CT molecular complexity index is 520. The van der Waals surface area contributed by atoms with E-state index in [1.165, 1.54) is 12.8 Å². The van der Waals surface area contributed by atoms with Crippen LogP contribution < -0.4 is 5.32 Å². The molecule has 0 radical (unpaired) electrons. The topological polar surface area (TPSA) is 50.7 Å². The highest BCUT2D eigenvalue weighted by molar-refractivity contribution is 5.56. The Hall–Kier alpha value is -1.97. The molecule has 1 aliphatic rings. The molecular formula is C13H14N4. The monoisotopic (exact) mass is 226 g/mol. The summed E-state index contributed by atoms with van der Waals surface area (Å²) in [6, 6.07) is 6.45. The van der Waals surface area contributed by atoms with Crippen LogP contribution in [0.5, 0.6) is 0 Å². The van der Waals surface area contributed by atoms with Crippen molar-refractivity contribution in [3.05, 3.63) is 36.3 Å². The van der Waals surface area contributed by atoms with Crippen LogP contribution in [-0.2, 0) is 0 Å². The zero-order valence-electron chi connectivity index (χ0n) is 9.72. The van der Waals surface area contributed by atoms with Gasteiger partial charge >= 0.3 is 0 Å². The van der Waals surface area contributed by atoms with Gasteiger partial charge in [-0.05, 0) is 31.9 Å². The number of aromatic nitrogens is 3. The number of rotatable bonds is 3. The van der Waals surface area contributed by atoms with Crippen molar-refractivity contribution in [1.82, 2.24) is 15.0 Å². The summed E-state index contributed by atoms with van der Waals surface area (Å²) < 4.78 is 0. The fraction of sp³-hybridized carbons (Fsp3) is 0.308. The zero-order chi connectivity index (χ0) is 11.7. The fourth-order valence-corrected chi connectivity index (χ4v) is 1.71. The third-order valence-corrected chi connectivity index (χ3v) is 2.72. The number of aryl methyl sites for hydroxylation is 1. The lowest BCUT2D eigenvalue weighted by Crippen LogP contribution is -2.05. The van der Waals surface area contributed by atoms with E-state index in [0.717, 1.165) is 22.9 Å². The van der Waals surface area contributed by atoms with Crippen LogP contribution in [0.15, 0.2) is 30.6 Å². The highest BCUT2D eigenvalue weighted by Crippen LogP contribution is 2.25. The maximum Gasteiger partial charge on any atom is 0.161 e. The normalized spacial score (nSPS) is 14.6. The minimum atomic E-state index is 0.606. The van der Waals surface area contributed by atoms with Crippen molar-refractivity contribution in [1.29, 1.82) is 0 Å². The number of hydrogen-bond acceptors (Lipinski definition) is 4. The summed E-state index contributed by atoms with van der Waals surface area (Å²) in [5.74, 6) is 1.68. The molecule has 17 heavy (non-hydrogen) atoms. The third-order valence-electron chi connectivity index (χ3n) is 2.72. The average molecular weight is 226 g/mol. The van der Waals surface area contributed by atoms with Crippen LogP contribution in [0.4, 0.5) is 5.82 Å². The van der Waals surface area contributed by atoms with Gasteiger partial charge in [-0.1, -0.05) is 0 Å². The summed E-state index contributed by atoms with van der Waals surface area (Å²) in [5.41, 5.74) is 1.98. The number of nitrogens with zero attached hydrogens (tertiary/aromatic N) is 3. The maximum atomic E-state index is 4.53. The van der Waals surface area contributed by atoms with Gasteiger partial charge in [-0.2, -0.15) is 0 Å². The highest BCUT2D eigenvalue weighted by Gasteiger charge is 2.21. The molecule has 0 spiro atoms. The minimum absolute atomic E-state index is 0.606. The number of anilines is 1. The first-order chi connectivity index (χ1) is 8.31. The zero-order valence-corrected chi connectivity index (χ0v) is 9.72. The van der Waals surface area contributed by atoms with Crippen LogP contribution in [0.2, 0.25) is 0 Å². The second-order valence-corrected chi connectivity index (χ2v) is 4.37. The molecule has 1 aliphatic carbocycles. The number of nitrogens with one attached hydrogen (secondary N) is 1. The van der Waals surface area contributed by atoms with E-state index < -0.39 is 0 Å². The van der Waals surface area contributed by atoms with Crippen molar-refractivity contribution in [2.75, 3.05) is 5.32 Å². The van der Waals surface area contributed by atoms with Gasteiger partial charge in [0.2, 0.25) is 0 Å². The molecule has 0 saturated heterocycles. The molecule has 3 rings (SSSR count). The summed E-state index contributed by atoms with van der Waals surface area (Å²) in [5, 5.41) is 3.40. The Morgan fingerprint density at radius 2 is 1.94 bits per heavy atom. The van der Waals surface area contributed by atoms with Gasteiger partial charge in [-0.15, -0.1) is 0 Å². The molecule has 4 nitrogen and oxygen atoms in total. The standard InChI is InChI=1S/C13H14N4/c1-9-8-12(16-11-2-3-11)17-13(15-9)10-4-6-14-7-5-10/h4-8,11H,2-3H2,1H3,(H,15,16,17). The van der Waals surface area contributed by atoms with Gasteiger partial charge in [0.25, 0.3) is 0 Å². The van der Waals surface area contributed by atoms with Gasteiger partial charge in [-0.25, -0.2) is 9.97 Å². The second-order valence-electron chi connectivity index (χ2n) is 4.37. The van der Waals surface area contributed by atoms with Gasteiger partial charge in [-0.3, -0.25) is 4.98 Å². The van der Waals surface area contributed by atoms with Gasteiger partial charge in [0.1, 0.15) is 5.82 Å². The molecule has 86 valence electrons. The van der Waals surface area contributed by atoms with E-state index in [4.69, 9.17) is 0 Å². The van der Waals surface area contributed by atoms with E-state index in [-0.39, 0.29) is 0 Å². The van der Waals surface area contributed by atoms with E-state index in [1.807, 2.05) is 25.1 Å². The predicted molar refractivity (Wildman–Crippen MR) is 66.6 cm³/mol. The van der Waals surface area contributed by atoms with E-state index in [0.29, 0.717) is 6.04 Å². The first-order valence-electron chi connectivity index (χ1n) is 5.84. The largest absolute Gasteiger partial charge is 0.367 e. The molecule has 0 aliphatic heterocycles. The molecule has 1 fully saturated rings. The summed E-state index contributed by atoms with van der Waals surface area (Å²) in [6.07, 6.45) is 6.01. The Kier molecular flexibility index (Phi) is 2.48. The highest BCUT2D eigenvalue weighted by atomic mass is 15.1. The Labute approximate surface area is 100 Å². The molecule has 0 bridgehead atoms. The second kappa shape index (κ2) is 4.13. The first-order valence-corrected chi connectivity index (χ1v) is 5.84. The molecule has 2 heterocycles. The quantitative estimate of drug-likeness (QED) is 0.873. The lowest BCUT2D eigenvalue weighted by Gasteiger charge is -2.07. The first kappa shape index (κ1) is 10.2. The Morgan fingerprint density at radius 3 is 2.65 bits per heavy atom. The molecule has 2 aromatic heterocycles. The predicted octanol–water partition coefficient (Wildman–Crippen LogP) is 2.42. The Morgan fingerprint density at radius 1 is 1.18 bits per heavy atom. The van der Waals surface area contributed by atoms with Crippen molar-refractivity contribution >= 4 is 5.82 Å². The molecule has 0 aromatic carbocycles. The van der Waals surface area contributed by atoms with Crippen LogP contribution in [-0.4, -0.2) is 21.0 Å². The summed E-state index contributed by atoms with van der Waals surface area (Å²) in [4.78, 5) is 13.0. The third kappa shape index (κ3) is 2.41. The molecule has 0 atom stereocenters. The van der Waals surface area contributed by atoms with Crippen molar-refractivity contribution in [3.63, 3.8) is 0 Å². The molecule has 0 unspecified atom stereocenters. The molecular weight excluding hydrogens is 212 g/mol. The summed E-state index contributed by atoms with van der Waals surface area (Å²) in [7, 11) is 0. The number of pyridine rings is 1. The molecule has 4 heteroatoms. The fourth-order valence-electron chi connectivity index (χ4n) is 1.71. The molecule has 0 amide bonds. The Balaban J connectivity index is 1.95. The van der Waals surface area contributed by atoms with Crippen LogP contribution in [0, 0.1) is 6.92 Å². The van der Waals surface area contributed by atoms with Crippen molar-refractivity contribution in [2.45, 2.75) is 25.8 Å². The molecule has 1 saturated carbocycles. The van der Waals surface area contributed by atoms with Gasteiger partial charge < -0.3 is 5.32 Å². The lowest BCUT2D eigenvalue weighted by atomic mass is 10.2. The average Bonchev–Trinajstić information content (AvgIpc) is 3.13. The van der Waals surface area contributed by atoms with Crippen molar-refractivity contribution < 1.29 is 0 Å². The van der Waals surface area contributed by atoms with Crippen LogP contribution in [0.1, 0.15) is 18.5 Å². The van der Waals surface area contributed by atoms with Gasteiger partial charge in [0, 0.05) is 35.8 Å². The minimum Gasteiger partial charge on any atom is -0.367 e. The molecule has 2 aromatic rings. The maximum absolute atomic E-state index is 4.53. The van der Waals surface area contributed by atoms with Crippen LogP contribution in [0.3, 0.4) is 0 Å². The van der Waals surface area contributed by atoms with Crippen molar-refractivity contribution in [2.24, 2.45) is 0 Å². The smallest absolute Gasteiger partial charge is 0.161 e. The van der Waals surface area contributed by atoms with Gasteiger partial charge in [0.15, 0.2) is 5.82 Å². The van der Waals surface area contributed by atoms with Gasteiger partial charge in [0.05, 0.1) is 0 Å². The van der Waals surface area contributed by atoms with Crippen molar-refractivity contribution in [3.8, 4) is 11.4 Å². The lowest BCUT2D eigenvalue weighted by molar-refractivity contribution is 1.06. The van der Waals surface area contributed by atoms with Crippen LogP contribution >= 0.6 is 0 Å². The van der Waals surface area contributed by atoms with E-state index in [2.05, 4.69) is 20.3 Å². The summed E-state index contributed by atoms with van der Waals surface area (Å²) in [6.45, 7) is 1.99.